The second kappa shape index (κ2) is 7.46. The zero-order valence-corrected chi connectivity index (χ0v) is 10.3. The number of carbonyl (C=O) groups excluding carboxylic acids is 1. The summed E-state index contributed by atoms with van der Waals surface area (Å²) in [5.41, 5.74) is 6.35. The smallest absolute Gasteiger partial charge is 0.322 e. The molecule has 0 aliphatic rings. The minimum absolute atomic E-state index is 0.287. The van der Waals surface area contributed by atoms with Crippen molar-refractivity contribution >= 4 is 5.97 Å². The lowest BCUT2D eigenvalue weighted by Crippen LogP contribution is -2.32. The van der Waals surface area contributed by atoms with E-state index >= 15 is 0 Å². The lowest BCUT2D eigenvalue weighted by Gasteiger charge is -2.07. The van der Waals surface area contributed by atoms with Gasteiger partial charge in [-0.05, 0) is 37.6 Å². The van der Waals surface area contributed by atoms with Crippen molar-refractivity contribution in [2.45, 2.75) is 25.8 Å². The topological polar surface area (TPSA) is 52.3 Å². The van der Waals surface area contributed by atoms with Gasteiger partial charge in [0, 0.05) is 12.0 Å². The van der Waals surface area contributed by atoms with E-state index in [4.69, 9.17) is 10.5 Å². The molecule has 0 aliphatic carbocycles. The lowest BCUT2D eigenvalue weighted by molar-refractivity contribution is -0.144. The number of nitrogens with two attached hydrogens (primary N) is 1. The van der Waals surface area contributed by atoms with Crippen LogP contribution in [-0.4, -0.2) is 18.6 Å². The minimum Gasteiger partial charge on any atom is -0.465 e. The molecule has 4 heteroatoms. The number of esters is 1. The number of rotatable bonds is 4. The maximum atomic E-state index is 12.6. The molecule has 1 rings (SSSR count). The molecule has 0 fully saturated rings. The van der Waals surface area contributed by atoms with Gasteiger partial charge in [-0.1, -0.05) is 11.8 Å². The van der Waals surface area contributed by atoms with Gasteiger partial charge in [-0.2, -0.15) is 0 Å². The fourth-order valence-electron chi connectivity index (χ4n) is 1.29. The molecule has 0 radical (unpaired) electrons. The average Bonchev–Trinajstić information content (AvgIpc) is 2.36. The van der Waals surface area contributed by atoms with E-state index in [9.17, 15) is 9.18 Å². The van der Waals surface area contributed by atoms with Crippen LogP contribution < -0.4 is 5.73 Å². The Morgan fingerprint density at radius 3 is 2.72 bits per heavy atom. The van der Waals surface area contributed by atoms with Crippen molar-refractivity contribution in [3.05, 3.63) is 35.6 Å². The van der Waals surface area contributed by atoms with Crippen LogP contribution in [0.1, 0.15) is 25.3 Å². The van der Waals surface area contributed by atoms with Gasteiger partial charge >= 0.3 is 5.97 Å². The van der Waals surface area contributed by atoms with Gasteiger partial charge in [0.25, 0.3) is 0 Å². The molecule has 1 aromatic rings. The molecule has 18 heavy (non-hydrogen) atoms. The maximum Gasteiger partial charge on any atom is 0.322 e. The summed E-state index contributed by atoms with van der Waals surface area (Å²) in [5, 5.41) is 0. The second-order valence-electron chi connectivity index (χ2n) is 3.71. The molecule has 1 atom stereocenters. The highest BCUT2D eigenvalue weighted by Gasteiger charge is 2.12. The second-order valence-corrected chi connectivity index (χ2v) is 3.71. The van der Waals surface area contributed by atoms with Crippen LogP contribution in [0, 0.1) is 17.7 Å². The Morgan fingerprint density at radius 1 is 1.44 bits per heavy atom. The number of ether oxygens (including phenoxy) is 1. The zero-order valence-electron chi connectivity index (χ0n) is 10.3. The van der Waals surface area contributed by atoms with Gasteiger partial charge in [0.15, 0.2) is 0 Å². The highest BCUT2D eigenvalue weighted by molar-refractivity contribution is 5.75. The van der Waals surface area contributed by atoms with Crippen molar-refractivity contribution in [3.8, 4) is 11.8 Å². The standard InChI is InChI=1S/C14H16FNO2/c1-2-18-14(17)13(16)6-4-3-5-11-7-9-12(15)10-8-11/h7-10,13H,2,4,6,16H2,1H3/t13-/m0/s1. The molecule has 0 aromatic heterocycles. The Hall–Kier alpha value is -1.86. The summed E-state index contributed by atoms with van der Waals surface area (Å²) in [5.74, 6) is 5.07. The summed E-state index contributed by atoms with van der Waals surface area (Å²) in [6.07, 6.45) is 0.949. The number of benzene rings is 1. The van der Waals surface area contributed by atoms with Gasteiger partial charge in [-0.25, -0.2) is 4.39 Å². The van der Waals surface area contributed by atoms with E-state index in [0.717, 1.165) is 5.56 Å². The summed E-state index contributed by atoms with van der Waals surface area (Å²) >= 11 is 0. The third-order valence-corrected chi connectivity index (χ3v) is 2.25. The first-order valence-corrected chi connectivity index (χ1v) is 5.80. The number of halogens is 1. The SMILES string of the molecule is CCOC(=O)[C@@H](N)CCC#Cc1ccc(F)cc1. The van der Waals surface area contributed by atoms with Crippen LogP contribution in [0.3, 0.4) is 0 Å². The Kier molecular flexibility index (Phi) is 5.89. The fourth-order valence-corrected chi connectivity index (χ4v) is 1.29. The lowest BCUT2D eigenvalue weighted by atomic mass is 10.1. The number of hydrogen-bond donors (Lipinski definition) is 1. The molecule has 0 amide bonds. The molecule has 0 saturated heterocycles. The maximum absolute atomic E-state index is 12.6. The Labute approximate surface area is 106 Å². The van der Waals surface area contributed by atoms with Crippen LogP contribution in [0.4, 0.5) is 4.39 Å². The van der Waals surface area contributed by atoms with Crippen molar-refractivity contribution in [1.29, 1.82) is 0 Å². The molecule has 2 N–H and O–H groups in total. The third-order valence-electron chi connectivity index (χ3n) is 2.25. The molecule has 0 unspecified atom stereocenters. The van der Waals surface area contributed by atoms with E-state index in [1.54, 1.807) is 19.1 Å². The van der Waals surface area contributed by atoms with E-state index < -0.39 is 12.0 Å². The summed E-state index contributed by atoms with van der Waals surface area (Å²) in [6, 6.07) is 5.29. The average molecular weight is 249 g/mol. The quantitative estimate of drug-likeness (QED) is 0.654. The monoisotopic (exact) mass is 249 g/mol. The van der Waals surface area contributed by atoms with E-state index in [2.05, 4.69) is 11.8 Å². The highest BCUT2D eigenvalue weighted by atomic mass is 19.1. The Balaban J connectivity index is 2.38. The molecule has 0 spiro atoms. The first kappa shape index (κ1) is 14.2. The van der Waals surface area contributed by atoms with Crippen LogP contribution in [0.5, 0.6) is 0 Å². The molecule has 96 valence electrons. The number of hydrogen-bond acceptors (Lipinski definition) is 3. The van der Waals surface area contributed by atoms with E-state index in [0.29, 0.717) is 19.4 Å². The van der Waals surface area contributed by atoms with Crippen LogP contribution in [0.25, 0.3) is 0 Å². The molecule has 0 saturated carbocycles. The van der Waals surface area contributed by atoms with Crippen LogP contribution in [0.15, 0.2) is 24.3 Å². The summed E-state index contributed by atoms with van der Waals surface area (Å²) in [6.45, 7) is 2.06. The van der Waals surface area contributed by atoms with Crippen LogP contribution in [-0.2, 0) is 9.53 Å². The van der Waals surface area contributed by atoms with Gasteiger partial charge in [0.05, 0.1) is 6.61 Å². The van der Waals surface area contributed by atoms with Crippen molar-refractivity contribution in [3.63, 3.8) is 0 Å². The zero-order chi connectivity index (χ0) is 13.4. The molecular formula is C14H16FNO2. The molecule has 0 aliphatic heterocycles. The normalized spacial score (nSPS) is 11.3. The predicted octanol–water partition coefficient (Wildman–Crippen LogP) is 1.85. The van der Waals surface area contributed by atoms with Crippen molar-refractivity contribution in [2.24, 2.45) is 5.73 Å². The van der Waals surface area contributed by atoms with Crippen molar-refractivity contribution < 1.29 is 13.9 Å². The van der Waals surface area contributed by atoms with E-state index in [1.807, 2.05) is 0 Å². The van der Waals surface area contributed by atoms with Gasteiger partial charge < -0.3 is 10.5 Å². The van der Waals surface area contributed by atoms with E-state index in [-0.39, 0.29) is 5.82 Å². The third kappa shape index (κ3) is 4.98. The van der Waals surface area contributed by atoms with Gasteiger partial charge in [-0.15, -0.1) is 0 Å². The largest absolute Gasteiger partial charge is 0.465 e. The van der Waals surface area contributed by atoms with E-state index in [1.165, 1.54) is 12.1 Å². The first-order valence-electron chi connectivity index (χ1n) is 5.80. The highest BCUT2D eigenvalue weighted by Crippen LogP contribution is 2.01. The van der Waals surface area contributed by atoms with Gasteiger partial charge in [-0.3, -0.25) is 4.79 Å². The first-order chi connectivity index (χ1) is 8.63. The van der Waals surface area contributed by atoms with Crippen molar-refractivity contribution in [2.75, 3.05) is 6.61 Å². The van der Waals surface area contributed by atoms with Crippen LogP contribution in [0.2, 0.25) is 0 Å². The molecule has 1 aromatic carbocycles. The summed E-state index contributed by atoms with van der Waals surface area (Å²) in [4.78, 5) is 11.2. The van der Waals surface area contributed by atoms with Crippen molar-refractivity contribution in [1.82, 2.24) is 0 Å². The van der Waals surface area contributed by atoms with Gasteiger partial charge in [0.1, 0.15) is 11.9 Å². The fraction of sp³-hybridized carbons (Fsp3) is 0.357. The summed E-state index contributed by atoms with van der Waals surface area (Å²) in [7, 11) is 0. The summed E-state index contributed by atoms with van der Waals surface area (Å²) < 4.78 is 17.4. The molecule has 0 bridgehead atoms. The molecule has 0 heterocycles. The Bertz CT molecular complexity index is 445. The minimum atomic E-state index is -0.632. The van der Waals surface area contributed by atoms with Crippen LogP contribution >= 0.6 is 0 Å². The number of carbonyl (C=O) groups is 1. The predicted molar refractivity (Wildman–Crippen MR) is 67.1 cm³/mol. The van der Waals surface area contributed by atoms with Gasteiger partial charge in [0.2, 0.25) is 0 Å². The molecular weight excluding hydrogens is 233 g/mol. The Morgan fingerprint density at radius 2 is 2.11 bits per heavy atom. The molecule has 3 nitrogen and oxygen atoms in total.